The van der Waals surface area contributed by atoms with Crippen molar-refractivity contribution in [1.29, 1.82) is 0 Å². The fraction of sp³-hybridized carbons (Fsp3) is 0.294. The molecule has 0 N–H and O–H groups in total. The third-order valence-electron chi connectivity index (χ3n) is 3.34. The van der Waals surface area contributed by atoms with E-state index in [2.05, 4.69) is 6.92 Å². The molecule has 0 aliphatic rings. The quantitative estimate of drug-likeness (QED) is 0.430. The maximum Gasteiger partial charge on any atom is 1.00 e. The van der Waals surface area contributed by atoms with Crippen molar-refractivity contribution >= 4 is 10.1 Å². The molecule has 2 rings (SSSR count). The molecule has 0 saturated heterocycles. The van der Waals surface area contributed by atoms with Gasteiger partial charge in [-0.15, -0.1) is 0 Å². The van der Waals surface area contributed by atoms with Gasteiger partial charge in [0.1, 0.15) is 21.6 Å². The van der Waals surface area contributed by atoms with Gasteiger partial charge in [-0.2, -0.15) is 0 Å². The van der Waals surface area contributed by atoms with Crippen LogP contribution in [-0.4, -0.2) is 13.0 Å². The summed E-state index contributed by atoms with van der Waals surface area (Å²) in [5.41, 5.74) is 1.27. The summed E-state index contributed by atoms with van der Waals surface area (Å²) in [6, 6.07) is 13.3. The van der Waals surface area contributed by atoms with E-state index in [9.17, 15) is 13.0 Å². The van der Waals surface area contributed by atoms with Gasteiger partial charge < -0.3 is 9.29 Å². The second-order valence-electron chi connectivity index (χ2n) is 5.13. The second kappa shape index (κ2) is 9.45. The van der Waals surface area contributed by atoms with Gasteiger partial charge in [0.05, 0.1) is 4.90 Å². The smallest absolute Gasteiger partial charge is 0.744 e. The summed E-state index contributed by atoms with van der Waals surface area (Å²) in [7, 11) is -4.41. The first-order valence-corrected chi connectivity index (χ1v) is 8.72. The van der Waals surface area contributed by atoms with Crippen LogP contribution in [0.5, 0.6) is 11.5 Å². The molecule has 0 spiro atoms. The molecule has 0 fully saturated rings. The van der Waals surface area contributed by atoms with E-state index in [1.54, 1.807) is 0 Å². The Kier molecular flexibility index (Phi) is 8.29. The Morgan fingerprint density at radius 2 is 1.43 bits per heavy atom. The van der Waals surface area contributed by atoms with Crippen LogP contribution in [0.4, 0.5) is 0 Å². The fourth-order valence-corrected chi connectivity index (χ4v) is 2.58. The van der Waals surface area contributed by atoms with Gasteiger partial charge in [0.15, 0.2) is 0 Å². The molecule has 0 aliphatic heterocycles. The summed E-state index contributed by atoms with van der Waals surface area (Å²) in [6.07, 6.45) is 4.68. The Balaban J connectivity index is 0.00000264. The van der Waals surface area contributed by atoms with E-state index in [-0.39, 0.29) is 34.5 Å². The van der Waals surface area contributed by atoms with Crippen molar-refractivity contribution in [3.8, 4) is 11.5 Å². The molecule has 23 heavy (non-hydrogen) atoms. The predicted octanol–water partition coefficient (Wildman–Crippen LogP) is 1.12. The van der Waals surface area contributed by atoms with E-state index in [1.807, 2.05) is 24.3 Å². The monoisotopic (exact) mass is 342 g/mol. The number of ether oxygens (including phenoxy) is 1. The van der Waals surface area contributed by atoms with Gasteiger partial charge in [-0.3, -0.25) is 0 Å². The van der Waals surface area contributed by atoms with E-state index in [0.717, 1.165) is 6.42 Å². The molecule has 0 saturated carbocycles. The van der Waals surface area contributed by atoms with Gasteiger partial charge in [-0.1, -0.05) is 31.9 Å². The zero-order valence-electron chi connectivity index (χ0n) is 13.5. The van der Waals surface area contributed by atoms with Crippen LogP contribution >= 0.6 is 0 Å². The van der Waals surface area contributed by atoms with Crippen LogP contribution in [0.1, 0.15) is 31.7 Å². The van der Waals surface area contributed by atoms with E-state index in [0.29, 0.717) is 11.5 Å². The van der Waals surface area contributed by atoms with E-state index >= 15 is 0 Å². The van der Waals surface area contributed by atoms with Crippen molar-refractivity contribution in [3.05, 3.63) is 54.1 Å². The van der Waals surface area contributed by atoms with Crippen molar-refractivity contribution in [1.82, 2.24) is 0 Å². The minimum Gasteiger partial charge on any atom is -0.744 e. The van der Waals surface area contributed by atoms with Gasteiger partial charge in [-0.25, -0.2) is 8.42 Å². The van der Waals surface area contributed by atoms with Crippen LogP contribution in [0.25, 0.3) is 0 Å². The molecule has 0 amide bonds. The minimum absolute atomic E-state index is 0. The molecule has 0 unspecified atom stereocenters. The molecular formula is C17H19NaO4S. The van der Waals surface area contributed by atoms with Crippen molar-refractivity contribution in [2.75, 3.05) is 0 Å². The Labute approximate surface area is 159 Å². The molecule has 0 aliphatic carbocycles. The van der Waals surface area contributed by atoms with Gasteiger partial charge in [0.2, 0.25) is 0 Å². The topological polar surface area (TPSA) is 66.4 Å². The van der Waals surface area contributed by atoms with Crippen molar-refractivity contribution < 1.29 is 47.3 Å². The normalized spacial score (nSPS) is 10.9. The van der Waals surface area contributed by atoms with Crippen LogP contribution in [-0.2, 0) is 16.5 Å². The Bertz CT molecular complexity index is 694. The molecule has 6 heteroatoms. The molecule has 0 aromatic heterocycles. The van der Waals surface area contributed by atoms with Crippen LogP contribution in [0.15, 0.2) is 53.4 Å². The van der Waals surface area contributed by atoms with Crippen molar-refractivity contribution in [2.24, 2.45) is 0 Å². The Morgan fingerprint density at radius 3 is 1.91 bits per heavy atom. The Morgan fingerprint density at radius 1 is 0.913 bits per heavy atom. The third kappa shape index (κ3) is 6.65. The molecule has 0 atom stereocenters. The zero-order chi connectivity index (χ0) is 16.0. The van der Waals surface area contributed by atoms with Crippen molar-refractivity contribution in [2.45, 2.75) is 37.5 Å². The van der Waals surface area contributed by atoms with Gasteiger partial charge >= 0.3 is 29.6 Å². The van der Waals surface area contributed by atoms with Crippen LogP contribution in [0, 0.1) is 0 Å². The maximum absolute atomic E-state index is 10.9. The fourth-order valence-electron chi connectivity index (χ4n) is 2.11. The molecule has 4 nitrogen and oxygen atoms in total. The summed E-state index contributed by atoms with van der Waals surface area (Å²) in [4.78, 5) is -0.258. The summed E-state index contributed by atoms with van der Waals surface area (Å²) in [5.74, 6) is 1.17. The van der Waals surface area contributed by atoms with E-state index < -0.39 is 10.1 Å². The number of rotatable bonds is 7. The molecule has 0 bridgehead atoms. The van der Waals surface area contributed by atoms with E-state index in [4.69, 9.17) is 4.74 Å². The van der Waals surface area contributed by atoms with Crippen LogP contribution in [0.2, 0.25) is 0 Å². The van der Waals surface area contributed by atoms with E-state index in [1.165, 1.54) is 49.1 Å². The first-order chi connectivity index (χ1) is 10.5. The van der Waals surface area contributed by atoms with Crippen molar-refractivity contribution in [3.63, 3.8) is 0 Å². The maximum atomic E-state index is 10.9. The SMILES string of the molecule is CCCCCc1ccc(Oc2ccc(S(=O)(=O)[O-])cc2)cc1.[Na+]. The Hall–Kier alpha value is -0.850. The third-order valence-corrected chi connectivity index (χ3v) is 4.19. The van der Waals surface area contributed by atoms with Gasteiger partial charge in [0.25, 0.3) is 0 Å². The first kappa shape index (κ1) is 20.2. The summed E-state index contributed by atoms with van der Waals surface area (Å²) < 4.78 is 38.2. The van der Waals surface area contributed by atoms with Gasteiger partial charge in [-0.05, 0) is 54.8 Å². The number of hydrogen-bond donors (Lipinski definition) is 0. The van der Waals surface area contributed by atoms with Crippen LogP contribution in [0.3, 0.4) is 0 Å². The number of aryl methyl sites for hydroxylation is 1. The molecule has 2 aromatic carbocycles. The molecule has 0 radical (unpaired) electrons. The average molecular weight is 342 g/mol. The molecular weight excluding hydrogens is 323 g/mol. The predicted molar refractivity (Wildman–Crippen MR) is 84.2 cm³/mol. The first-order valence-electron chi connectivity index (χ1n) is 7.32. The zero-order valence-corrected chi connectivity index (χ0v) is 16.3. The summed E-state index contributed by atoms with van der Waals surface area (Å²) >= 11 is 0. The molecule has 118 valence electrons. The minimum atomic E-state index is -4.41. The largest absolute Gasteiger partial charge is 1.00 e. The molecule has 0 heterocycles. The number of benzene rings is 2. The average Bonchev–Trinajstić information content (AvgIpc) is 2.49. The van der Waals surface area contributed by atoms with Crippen LogP contribution < -0.4 is 34.3 Å². The number of hydrogen-bond acceptors (Lipinski definition) is 4. The second-order valence-corrected chi connectivity index (χ2v) is 6.51. The summed E-state index contributed by atoms with van der Waals surface area (Å²) in [6.45, 7) is 2.18. The number of unbranched alkanes of at least 4 members (excludes halogenated alkanes) is 2. The standard InChI is InChI=1S/C17H20O4S.Na/c1-2-3-4-5-14-6-8-15(9-7-14)21-16-10-12-17(13-11-16)22(18,19)20;/h6-13H,2-5H2,1H3,(H,18,19,20);/q;+1/p-1. The molecule has 2 aromatic rings. The summed E-state index contributed by atoms with van der Waals surface area (Å²) in [5, 5.41) is 0. The van der Waals surface area contributed by atoms with Gasteiger partial charge in [0, 0.05) is 0 Å².